The van der Waals surface area contributed by atoms with E-state index in [0.29, 0.717) is 24.6 Å². The molecule has 0 fully saturated rings. The van der Waals surface area contributed by atoms with Crippen LogP contribution in [0.3, 0.4) is 0 Å². The van der Waals surface area contributed by atoms with Gasteiger partial charge in [0.15, 0.2) is 0 Å². The molecule has 4 rings (SSSR count). The van der Waals surface area contributed by atoms with Gasteiger partial charge in [0.1, 0.15) is 5.82 Å². The second-order valence-electron chi connectivity index (χ2n) is 7.88. The van der Waals surface area contributed by atoms with Crippen LogP contribution in [0.15, 0.2) is 66.7 Å². The summed E-state index contributed by atoms with van der Waals surface area (Å²) in [5.41, 5.74) is 5.71. The molecule has 4 nitrogen and oxygen atoms in total. The van der Waals surface area contributed by atoms with Crippen LogP contribution < -0.4 is 10.2 Å². The summed E-state index contributed by atoms with van der Waals surface area (Å²) >= 11 is 1.49. The molecule has 2 amide bonds. The monoisotopic (exact) mass is 448 g/mol. The average Bonchev–Trinajstić information content (AvgIpc) is 3.22. The Hall–Kier alpha value is -3.12. The van der Waals surface area contributed by atoms with Gasteiger partial charge in [-0.05, 0) is 59.9 Å². The van der Waals surface area contributed by atoms with Crippen LogP contribution in [-0.2, 0) is 23.5 Å². The number of fused-ring (bicyclic) bond motifs is 1. The van der Waals surface area contributed by atoms with Crippen LogP contribution in [-0.4, -0.2) is 24.1 Å². The number of nitrogens with zero attached hydrogens (tertiary/aromatic N) is 1. The van der Waals surface area contributed by atoms with Crippen LogP contribution in [0.4, 0.5) is 10.1 Å². The smallest absolute Gasteiger partial charge is 0.258 e. The van der Waals surface area contributed by atoms with Crippen molar-refractivity contribution < 1.29 is 14.0 Å². The molecule has 0 atom stereocenters. The number of halogens is 1. The van der Waals surface area contributed by atoms with Gasteiger partial charge in [0.05, 0.1) is 5.75 Å². The first kappa shape index (κ1) is 22.1. The van der Waals surface area contributed by atoms with Gasteiger partial charge in [-0.2, -0.15) is 0 Å². The number of benzene rings is 3. The molecule has 3 aromatic carbocycles. The Morgan fingerprint density at radius 1 is 1.03 bits per heavy atom. The normalized spacial score (nSPS) is 12.5. The zero-order valence-corrected chi connectivity index (χ0v) is 18.8. The topological polar surface area (TPSA) is 49.4 Å². The number of amides is 2. The maximum Gasteiger partial charge on any atom is 0.258 e. The number of nitrogens with one attached hydrogen (secondary N) is 1. The lowest BCUT2D eigenvalue weighted by atomic mass is 10.1. The molecule has 0 saturated carbocycles. The summed E-state index contributed by atoms with van der Waals surface area (Å²) in [5, 5.41) is 2.95. The first-order valence-corrected chi connectivity index (χ1v) is 11.7. The van der Waals surface area contributed by atoms with Crippen LogP contribution in [0.2, 0.25) is 0 Å². The van der Waals surface area contributed by atoms with Crippen LogP contribution in [0, 0.1) is 12.7 Å². The molecule has 0 bridgehead atoms. The highest BCUT2D eigenvalue weighted by atomic mass is 32.2. The molecular formula is C26H25FN2O2S. The largest absolute Gasteiger partial charge is 0.351 e. The Morgan fingerprint density at radius 3 is 2.56 bits per heavy atom. The summed E-state index contributed by atoms with van der Waals surface area (Å²) in [6.45, 7) is 3.03. The quantitative estimate of drug-likeness (QED) is 0.560. The fourth-order valence-electron chi connectivity index (χ4n) is 3.80. The molecule has 32 heavy (non-hydrogen) atoms. The summed E-state index contributed by atoms with van der Waals surface area (Å²) < 4.78 is 13.0. The fraction of sp³-hybridized carbons (Fsp3) is 0.231. The molecule has 1 N–H and O–H groups in total. The van der Waals surface area contributed by atoms with Gasteiger partial charge in [-0.1, -0.05) is 42.5 Å². The summed E-state index contributed by atoms with van der Waals surface area (Å²) in [4.78, 5) is 27.2. The molecular weight excluding hydrogens is 423 g/mol. The van der Waals surface area contributed by atoms with Crippen molar-refractivity contribution in [3.63, 3.8) is 0 Å². The van der Waals surface area contributed by atoms with E-state index in [4.69, 9.17) is 0 Å². The molecule has 1 aliphatic heterocycles. The second kappa shape index (κ2) is 10.0. The van der Waals surface area contributed by atoms with E-state index < -0.39 is 0 Å². The van der Waals surface area contributed by atoms with Gasteiger partial charge in [0.25, 0.3) is 5.91 Å². The maximum atomic E-state index is 13.1. The molecule has 164 valence electrons. The standard InChI is InChI=1S/C26H25FN2O2S/c1-18-4-2-3-5-23(18)26(31)29-13-12-21-9-6-20(14-24(21)29)15-28-25(30)17-32-16-19-7-10-22(27)11-8-19/h2-11,14H,12-13,15-17H2,1H3,(H,28,30). The van der Waals surface area contributed by atoms with Crippen molar-refractivity contribution in [1.29, 1.82) is 0 Å². The Kier molecular flexibility index (Phi) is 6.90. The van der Waals surface area contributed by atoms with E-state index in [-0.39, 0.29) is 17.6 Å². The minimum Gasteiger partial charge on any atom is -0.351 e. The lowest BCUT2D eigenvalue weighted by Crippen LogP contribution is -2.29. The Labute approximate surface area is 191 Å². The zero-order valence-electron chi connectivity index (χ0n) is 17.9. The number of rotatable bonds is 7. The minimum absolute atomic E-state index is 0.0141. The van der Waals surface area contributed by atoms with E-state index >= 15 is 0 Å². The number of carbonyl (C=O) groups is 2. The lowest BCUT2D eigenvalue weighted by Gasteiger charge is -2.19. The lowest BCUT2D eigenvalue weighted by molar-refractivity contribution is -0.118. The van der Waals surface area contributed by atoms with Crippen molar-refractivity contribution in [3.8, 4) is 0 Å². The number of carbonyl (C=O) groups excluding carboxylic acids is 2. The third-order valence-electron chi connectivity index (χ3n) is 5.57. The van der Waals surface area contributed by atoms with Crippen LogP contribution in [0.1, 0.15) is 32.6 Å². The third-order valence-corrected chi connectivity index (χ3v) is 6.57. The highest BCUT2D eigenvalue weighted by Crippen LogP contribution is 2.31. The average molecular weight is 449 g/mol. The van der Waals surface area contributed by atoms with Crippen molar-refractivity contribution >= 4 is 29.3 Å². The Bertz CT molecular complexity index is 1130. The molecule has 0 spiro atoms. The fourth-order valence-corrected chi connectivity index (χ4v) is 4.62. The van der Waals surface area contributed by atoms with E-state index in [9.17, 15) is 14.0 Å². The van der Waals surface area contributed by atoms with Gasteiger partial charge in [-0.15, -0.1) is 11.8 Å². The summed E-state index contributed by atoms with van der Waals surface area (Å²) in [6, 6.07) is 20.0. The van der Waals surface area contributed by atoms with Crippen molar-refractivity contribution in [2.24, 2.45) is 0 Å². The van der Waals surface area contributed by atoms with Crippen LogP contribution in [0.5, 0.6) is 0 Å². The number of hydrogen-bond acceptors (Lipinski definition) is 3. The summed E-state index contributed by atoms with van der Waals surface area (Å²) in [7, 11) is 0. The van der Waals surface area contributed by atoms with Gasteiger partial charge < -0.3 is 10.2 Å². The third kappa shape index (κ3) is 5.19. The highest BCUT2D eigenvalue weighted by molar-refractivity contribution is 7.99. The summed E-state index contributed by atoms with van der Waals surface area (Å²) in [6.07, 6.45) is 0.833. The minimum atomic E-state index is -0.259. The van der Waals surface area contributed by atoms with Gasteiger partial charge in [-0.3, -0.25) is 9.59 Å². The van der Waals surface area contributed by atoms with Gasteiger partial charge in [0, 0.05) is 30.1 Å². The highest BCUT2D eigenvalue weighted by Gasteiger charge is 2.26. The van der Waals surface area contributed by atoms with Gasteiger partial charge in [-0.25, -0.2) is 4.39 Å². The molecule has 0 saturated heterocycles. The number of aryl methyl sites for hydroxylation is 1. The Balaban J connectivity index is 1.33. The molecule has 1 aliphatic rings. The predicted octanol–water partition coefficient (Wildman–Crippen LogP) is 4.89. The first-order chi connectivity index (χ1) is 15.5. The van der Waals surface area contributed by atoms with Crippen molar-refractivity contribution in [2.75, 3.05) is 17.2 Å². The van der Waals surface area contributed by atoms with Gasteiger partial charge >= 0.3 is 0 Å². The van der Waals surface area contributed by atoms with Crippen LogP contribution >= 0.6 is 11.8 Å². The number of thioether (sulfide) groups is 1. The SMILES string of the molecule is Cc1ccccc1C(=O)N1CCc2ccc(CNC(=O)CSCc3ccc(F)cc3)cc21. The van der Waals surface area contributed by atoms with E-state index in [1.807, 2.05) is 54.3 Å². The maximum absolute atomic E-state index is 13.1. The molecule has 0 radical (unpaired) electrons. The van der Waals surface area contributed by atoms with Crippen LogP contribution in [0.25, 0.3) is 0 Å². The zero-order chi connectivity index (χ0) is 22.5. The molecule has 1 heterocycles. The van der Waals surface area contributed by atoms with E-state index in [2.05, 4.69) is 5.32 Å². The predicted molar refractivity (Wildman–Crippen MR) is 127 cm³/mol. The molecule has 0 unspecified atom stereocenters. The van der Waals surface area contributed by atoms with E-state index in [1.165, 1.54) is 23.9 Å². The molecule has 0 aliphatic carbocycles. The molecule has 0 aromatic heterocycles. The van der Waals surface area contributed by atoms with Crippen molar-refractivity contribution in [3.05, 3.63) is 100 Å². The van der Waals surface area contributed by atoms with Gasteiger partial charge in [0.2, 0.25) is 5.91 Å². The number of hydrogen-bond donors (Lipinski definition) is 1. The summed E-state index contributed by atoms with van der Waals surface area (Å²) in [5.74, 6) is 0.693. The van der Waals surface area contributed by atoms with E-state index in [0.717, 1.165) is 39.9 Å². The number of anilines is 1. The van der Waals surface area contributed by atoms with E-state index in [1.54, 1.807) is 12.1 Å². The first-order valence-electron chi connectivity index (χ1n) is 10.6. The second-order valence-corrected chi connectivity index (χ2v) is 8.87. The Morgan fingerprint density at radius 2 is 1.78 bits per heavy atom. The van der Waals surface area contributed by atoms with Crippen molar-refractivity contribution in [1.82, 2.24) is 5.32 Å². The molecule has 6 heteroatoms. The van der Waals surface area contributed by atoms with Crippen molar-refractivity contribution in [2.45, 2.75) is 25.6 Å². The molecule has 3 aromatic rings.